The minimum atomic E-state index is -3.77. The Morgan fingerprint density at radius 3 is 2.33 bits per heavy atom. The third-order valence-electron chi connectivity index (χ3n) is 6.89. The Labute approximate surface area is 248 Å². The zero-order chi connectivity index (χ0) is 29.9. The molecule has 1 amide bonds. The van der Waals surface area contributed by atoms with Gasteiger partial charge in [0.25, 0.3) is 5.91 Å². The number of aromatic nitrogens is 1. The number of pyridine rings is 1. The molecule has 0 aliphatic carbocycles. The summed E-state index contributed by atoms with van der Waals surface area (Å²) in [6.07, 6.45) is 0. The summed E-state index contributed by atoms with van der Waals surface area (Å²) in [5.74, 6) is -1.37. The molecule has 42 heavy (non-hydrogen) atoms. The fourth-order valence-electron chi connectivity index (χ4n) is 4.80. The maximum Gasteiger partial charge on any atom is 0.339 e. The molecule has 8 nitrogen and oxygen atoms in total. The number of carbonyl (C=O) groups is 2. The Morgan fingerprint density at radius 1 is 0.881 bits per heavy atom. The monoisotopic (exact) mass is 601 g/mol. The standard InChI is InChI=1S/C32H28ClN3O5S/c1-3-36(4-2)42(39,40)22-16-17-27(33)30(18-22)35-31(37)20-41-32(38)26-19-29(34-28-15-8-7-13-25(26)28)24-14-9-11-21-10-5-6-12-23(21)24/h5-19H,3-4,20H2,1-2H3,(H,35,37). The quantitative estimate of drug-likeness (QED) is 0.192. The number of para-hydroxylation sites is 1. The summed E-state index contributed by atoms with van der Waals surface area (Å²) in [6, 6.07) is 26.8. The Kier molecular flexibility index (Phi) is 8.54. The second-order valence-electron chi connectivity index (χ2n) is 9.45. The molecule has 0 fully saturated rings. The van der Waals surface area contributed by atoms with Gasteiger partial charge in [-0.3, -0.25) is 4.79 Å². The second-order valence-corrected chi connectivity index (χ2v) is 11.8. The first-order valence-electron chi connectivity index (χ1n) is 13.4. The highest BCUT2D eigenvalue weighted by atomic mass is 35.5. The molecule has 0 atom stereocenters. The molecule has 0 saturated carbocycles. The van der Waals surface area contributed by atoms with Gasteiger partial charge < -0.3 is 10.1 Å². The lowest BCUT2D eigenvalue weighted by Gasteiger charge is -2.19. The zero-order valence-electron chi connectivity index (χ0n) is 23.0. The maximum absolute atomic E-state index is 13.3. The van der Waals surface area contributed by atoms with Crippen LogP contribution >= 0.6 is 11.6 Å². The van der Waals surface area contributed by atoms with Gasteiger partial charge >= 0.3 is 5.97 Å². The molecule has 1 aromatic heterocycles. The highest BCUT2D eigenvalue weighted by Crippen LogP contribution is 2.31. The van der Waals surface area contributed by atoms with E-state index < -0.39 is 28.5 Å². The van der Waals surface area contributed by atoms with Gasteiger partial charge in [0, 0.05) is 24.0 Å². The molecule has 214 valence electrons. The summed E-state index contributed by atoms with van der Waals surface area (Å²) in [4.78, 5) is 30.9. The van der Waals surface area contributed by atoms with E-state index in [1.165, 1.54) is 22.5 Å². The minimum absolute atomic E-state index is 0.00730. The third kappa shape index (κ3) is 5.85. The largest absolute Gasteiger partial charge is 0.452 e. The van der Waals surface area contributed by atoms with Gasteiger partial charge in [0.15, 0.2) is 6.61 Å². The van der Waals surface area contributed by atoms with E-state index in [0.29, 0.717) is 29.7 Å². The van der Waals surface area contributed by atoms with E-state index in [-0.39, 0.29) is 21.2 Å². The summed E-state index contributed by atoms with van der Waals surface area (Å²) in [5, 5.41) is 5.32. The van der Waals surface area contributed by atoms with Crippen LogP contribution in [0.4, 0.5) is 5.69 Å². The van der Waals surface area contributed by atoms with Crippen LogP contribution in [0.15, 0.2) is 95.9 Å². The van der Waals surface area contributed by atoms with Gasteiger partial charge in [-0.2, -0.15) is 4.31 Å². The molecule has 4 aromatic carbocycles. The Hall–Kier alpha value is -4.31. The van der Waals surface area contributed by atoms with E-state index in [0.717, 1.165) is 16.3 Å². The smallest absolute Gasteiger partial charge is 0.339 e. The molecular formula is C32H28ClN3O5S. The van der Waals surface area contributed by atoms with E-state index in [4.69, 9.17) is 21.3 Å². The van der Waals surface area contributed by atoms with Crippen LogP contribution in [0.25, 0.3) is 32.9 Å². The highest BCUT2D eigenvalue weighted by Gasteiger charge is 2.23. The number of nitrogens with one attached hydrogen (secondary N) is 1. The number of hydrogen-bond acceptors (Lipinski definition) is 6. The van der Waals surface area contributed by atoms with Crippen molar-refractivity contribution >= 4 is 60.9 Å². The number of ether oxygens (including phenoxy) is 1. The summed E-state index contributed by atoms with van der Waals surface area (Å²) < 4.78 is 32.6. The van der Waals surface area contributed by atoms with Gasteiger partial charge in [0.05, 0.1) is 32.4 Å². The van der Waals surface area contributed by atoms with Crippen LogP contribution in [0.2, 0.25) is 5.02 Å². The van der Waals surface area contributed by atoms with Crippen molar-refractivity contribution in [2.45, 2.75) is 18.7 Å². The predicted molar refractivity (Wildman–Crippen MR) is 165 cm³/mol. The maximum atomic E-state index is 13.3. The van der Waals surface area contributed by atoms with E-state index in [2.05, 4.69) is 5.32 Å². The predicted octanol–water partition coefficient (Wildman–Crippen LogP) is 6.53. The molecule has 5 rings (SSSR count). The van der Waals surface area contributed by atoms with Crippen molar-refractivity contribution in [3.05, 3.63) is 102 Å². The molecule has 0 aliphatic heterocycles. The first kappa shape index (κ1) is 29.2. The lowest BCUT2D eigenvalue weighted by molar-refractivity contribution is -0.119. The van der Waals surface area contributed by atoms with Gasteiger partial charge in [0.2, 0.25) is 10.0 Å². The lowest BCUT2D eigenvalue weighted by Crippen LogP contribution is -2.30. The van der Waals surface area contributed by atoms with E-state index in [9.17, 15) is 18.0 Å². The first-order valence-corrected chi connectivity index (χ1v) is 15.2. The third-order valence-corrected chi connectivity index (χ3v) is 9.27. The second kappa shape index (κ2) is 12.3. The first-order chi connectivity index (χ1) is 20.2. The number of amides is 1. The average Bonchev–Trinajstić information content (AvgIpc) is 3.00. The van der Waals surface area contributed by atoms with Crippen molar-refractivity contribution in [3.63, 3.8) is 0 Å². The van der Waals surface area contributed by atoms with Crippen LogP contribution in [0.3, 0.4) is 0 Å². The molecule has 0 unspecified atom stereocenters. The molecule has 1 N–H and O–H groups in total. The zero-order valence-corrected chi connectivity index (χ0v) is 24.6. The molecule has 10 heteroatoms. The van der Waals surface area contributed by atoms with E-state index in [1.54, 1.807) is 32.0 Å². The molecule has 0 radical (unpaired) electrons. The van der Waals surface area contributed by atoms with Crippen LogP contribution in [-0.2, 0) is 19.6 Å². The van der Waals surface area contributed by atoms with Crippen molar-refractivity contribution in [2.75, 3.05) is 25.0 Å². The van der Waals surface area contributed by atoms with Crippen LogP contribution in [0.5, 0.6) is 0 Å². The topological polar surface area (TPSA) is 106 Å². The van der Waals surface area contributed by atoms with Gasteiger partial charge in [-0.1, -0.05) is 86.1 Å². The van der Waals surface area contributed by atoms with Crippen molar-refractivity contribution in [2.24, 2.45) is 0 Å². The number of fused-ring (bicyclic) bond motifs is 2. The number of anilines is 1. The highest BCUT2D eigenvalue weighted by molar-refractivity contribution is 7.89. The molecule has 0 saturated heterocycles. The van der Waals surface area contributed by atoms with Crippen LogP contribution in [0.1, 0.15) is 24.2 Å². The Bertz CT molecular complexity index is 1920. The Balaban J connectivity index is 1.39. The van der Waals surface area contributed by atoms with Crippen molar-refractivity contribution in [1.82, 2.24) is 9.29 Å². The molecule has 0 bridgehead atoms. The van der Waals surface area contributed by atoms with Crippen molar-refractivity contribution in [3.8, 4) is 11.3 Å². The molecule has 5 aromatic rings. The summed E-state index contributed by atoms with van der Waals surface area (Å²) >= 11 is 6.24. The molecule has 0 aliphatic rings. The molecule has 1 heterocycles. The van der Waals surface area contributed by atoms with E-state index in [1.807, 2.05) is 54.6 Å². The van der Waals surface area contributed by atoms with Crippen LogP contribution in [0, 0.1) is 0 Å². The average molecular weight is 602 g/mol. The number of carbonyl (C=O) groups excluding carboxylic acids is 2. The number of esters is 1. The fourth-order valence-corrected chi connectivity index (χ4v) is 6.45. The van der Waals surface area contributed by atoms with Gasteiger partial charge in [-0.05, 0) is 41.1 Å². The molecular weight excluding hydrogens is 574 g/mol. The Morgan fingerprint density at radius 2 is 1.57 bits per heavy atom. The van der Waals surface area contributed by atoms with E-state index >= 15 is 0 Å². The van der Waals surface area contributed by atoms with Gasteiger partial charge in [-0.15, -0.1) is 0 Å². The lowest BCUT2D eigenvalue weighted by atomic mass is 9.99. The van der Waals surface area contributed by atoms with Crippen LogP contribution < -0.4 is 5.32 Å². The molecule has 0 spiro atoms. The fraction of sp³-hybridized carbons (Fsp3) is 0.156. The number of rotatable bonds is 9. The number of benzene rings is 4. The van der Waals surface area contributed by atoms with Gasteiger partial charge in [-0.25, -0.2) is 18.2 Å². The van der Waals surface area contributed by atoms with Gasteiger partial charge in [0.1, 0.15) is 0 Å². The van der Waals surface area contributed by atoms with Crippen molar-refractivity contribution < 1.29 is 22.7 Å². The number of hydrogen-bond donors (Lipinski definition) is 1. The summed E-state index contributed by atoms with van der Waals surface area (Å²) in [7, 11) is -3.77. The summed E-state index contributed by atoms with van der Waals surface area (Å²) in [5.41, 5.74) is 2.43. The number of halogens is 1. The van der Waals surface area contributed by atoms with Crippen molar-refractivity contribution in [1.29, 1.82) is 0 Å². The normalized spacial score (nSPS) is 11.6. The minimum Gasteiger partial charge on any atom is -0.452 e. The number of nitrogens with zero attached hydrogens (tertiary/aromatic N) is 2. The van der Waals surface area contributed by atoms with Crippen LogP contribution in [-0.4, -0.2) is 49.3 Å². The summed E-state index contributed by atoms with van der Waals surface area (Å²) in [6.45, 7) is 3.47. The SMILES string of the molecule is CCN(CC)S(=O)(=O)c1ccc(Cl)c(NC(=O)COC(=O)c2cc(-c3cccc4ccccc34)nc3ccccc23)c1. The number of sulfonamides is 1.